The van der Waals surface area contributed by atoms with Gasteiger partial charge in [0.05, 0.1) is 13.2 Å². The minimum Gasteiger partial charge on any atom is -0.491 e. The molecule has 1 aromatic carbocycles. The lowest BCUT2D eigenvalue weighted by Crippen LogP contribution is -2.18. The molecule has 0 heterocycles. The summed E-state index contributed by atoms with van der Waals surface area (Å²) in [6.07, 6.45) is 0.788. The molecule has 0 fully saturated rings. The Balaban J connectivity index is 2.46. The van der Waals surface area contributed by atoms with Gasteiger partial charge in [0.2, 0.25) is 0 Å². The number of ether oxygens (including phenoxy) is 2. The molecule has 1 unspecified atom stereocenters. The normalized spacial score (nSPS) is 12.4. The van der Waals surface area contributed by atoms with Gasteiger partial charge in [0.1, 0.15) is 19.0 Å². The van der Waals surface area contributed by atoms with Gasteiger partial charge in [-0.1, -0.05) is 15.9 Å². The third-order valence-corrected chi connectivity index (χ3v) is 3.05. The largest absolute Gasteiger partial charge is 0.491 e. The van der Waals surface area contributed by atoms with E-state index in [-0.39, 0.29) is 12.6 Å². The number of benzene rings is 1. The van der Waals surface area contributed by atoms with Gasteiger partial charge < -0.3 is 15.2 Å². The van der Waals surface area contributed by atoms with Crippen molar-refractivity contribution in [2.75, 3.05) is 26.5 Å². The van der Waals surface area contributed by atoms with Gasteiger partial charge >= 0.3 is 0 Å². The maximum atomic E-state index is 11.8. The molecular formula is C13H19BrFNO2. The van der Waals surface area contributed by atoms with E-state index in [1.807, 2.05) is 25.1 Å². The molecule has 0 spiro atoms. The second-order valence-corrected chi connectivity index (χ2v) is 4.94. The van der Waals surface area contributed by atoms with Crippen molar-refractivity contribution < 1.29 is 13.9 Å². The van der Waals surface area contributed by atoms with Gasteiger partial charge in [-0.25, -0.2) is 4.39 Å². The molecule has 2 N–H and O–H groups in total. The molecule has 1 rings (SSSR count). The Morgan fingerprint density at radius 1 is 1.33 bits per heavy atom. The number of halogens is 2. The first-order valence-electron chi connectivity index (χ1n) is 5.94. The van der Waals surface area contributed by atoms with Crippen LogP contribution in [0.15, 0.2) is 22.7 Å². The quantitative estimate of drug-likeness (QED) is 0.749. The summed E-state index contributed by atoms with van der Waals surface area (Å²) in [6.45, 7) is 2.43. The second-order valence-electron chi connectivity index (χ2n) is 4.08. The van der Waals surface area contributed by atoms with Gasteiger partial charge in [0.25, 0.3) is 0 Å². The van der Waals surface area contributed by atoms with E-state index in [2.05, 4.69) is 15.9 Å². The summed E-state index contributed by atoms with van der Waals surface area (Å²) in [5.41, 5.74) is 6.90. The fourth-order valence-electron chi connectivity index (χ4n) is 1.52. The van der Waals surface area contributed by atoms with E-state index in [1.165, 1.54) is 0 Å². The molecule has 0 aliphatic rings. The zero-order chi connectivity index (χ0) is 13.4. The summed E-state index contributed by atoms with van der Waals surface area (Å²) in [6, 6.07) is 5.88. The zero-order valence-corrected chi connectivity index (χ0v) is 12.1. The first-order chi connectivity index (χ1) is 8.63. The Hall–Kier alpha value is -0.650. The van der Waals surface area contributed by atoms with Gasteiger partial charge in [0.15, 0.2) is 0 Å². The molecule has 0 saturated carbocycles. The predicted octanol–water partition coefficient (Wildman–Crippen LogP) is 2.70. The Kier molecular flexibility index (Phi) is 7.23. The van der Waals surface area contributed by atoms with Crippen molar-refractivity contribution in [3.05, 3.63) is 28.2 Å². The number of hydrogen-bond acceptors (Lipinski definition) is 3. The van der Waals surface area contributed by atoms with Crippen molar-refractivity contribution in [3.63, 3.8) is 0 Å². The highest BCUT2D eigenvalue weighted by atomic mass is 79.9. The van der Waals surface area contributed by atoms with Crippen LogP contribution in [0.25, 0.3) is 0 Å². The van der Waals surface area contributed by atoms with E-state index in [1.54, 1.807) is 0 Å². The Bertz CT molecular complexity index is 361. The molecular weight excluding hydrogens is 301 g/mol. The van der Waals surface area contributed by atoms with Crippen molar-refractivity contribution in [2.24, 2.45) is 5.73 Å². The molecule has 0 saturated heterocycles. The van der Waals surface area contributed by atoms with Crippen LogP contribution < -0.4 is 10.5 Å². The Labute approximate surface area is 116 Å². The molecule has 1 aromatic rings. The monoisotopic (exact) mass is 319 g/mol. The predicted molar refractivity (Wildman–Crippen MR) is 73.8 cm³/mol. The molecule has 3 nitrogen and oxygen atoms in total. The number of nitrogens with two attached hydrogens (primary N) is 1. The molecule has 0 bridgehead atoms. The SMILES string of the molecule is CC(N)Cc1cc(OCCOCCF)ccc1Br. The topological polar surface area (TPSA) is 44.5 Å². The molecule has 102 valence electrons. The van der Waals surface area contributed by atoms with Crippen LogP contribution in [0.3, 0.4) is 0 Å². The fraction of sp³-hybridized carbons (Fsp3) is 0.538. The van der Waals surface area contributed by atoms with Gasteiger partial charge in [-0.15, -0.1) is 0 Å². The first-order valence-corrected chi connectivity index (χ1v) is 6.73. The Morgan fingerprint density at radius 3 is 2.78 bits per heavy atom. The van der Waals surface area contributed by atoms with Crippen LogP contribution in [0.1, 0.15) is 12.5 Å². The van der Waals surface area contributed by atoms with E-state index in [9.17, 15) is 4.39 Å². The third kappa shape index (κ3) is 5.80. The van der Waals surface area contributed by atoms with E-state index in [4.69, 9.17) is 15.2 Å². The van der Waals surface area contributed by atoms with E-state index in [0.717, 1.165) is 22.2 Å². The second kappa shape index (κ2) is 8.45. The summed E-state index contributed by atoms with van der Waals surface area (Å²) in [4.78, 5) is 0. The van der Waals surface area contributed by atoms with Crippen LogP contribution in [0.2, 0.25) is 0 Å². The van der Waals surface area contributed by atoms with Gasteiger partial charge in [-0.05, 0) is 37.1 Å². The highest BCUT2D eigenvalue weighted by Crippen LogP contribution is 2.23. The van der Waals surface area contributed by atoms with E-state index in [0.29, 0.717) is 13.2 Å². The fourth-order valence-corrected chi connectivity index (χ4v) is 1.93. The molecule has 0 aliphatic heterocycles. The number of alkyl halides is 1. The lowest BCUT2D eigenvalue weighted by atomic mass is 10.1. The van der Waals surface area contributed by atoms with E-state index < -0.39 is 6.67 Å². The number of hydrogen-bond donors (Lipinski definition) is 1. The van der Waals surface area contributed by atoms with Crippen LogP contribution >= 0.6 is 15.9 Å². The molecule has 0 aromatic heterocycles. The van der Waals surface area contributed by atoms with Gasteiger partial charge in [-0.2, -0.15) is 0 Å². The average Bonchev–Trinajstić information content (AvgIpc) is 2.32. The maximum Gasteiger partial charge on any atom is 0.119 e. The van der Waals surface area contributed by atoms with Crippen molar-refractivity contribution in [1.29, 1.82) is 0 Å². The Morgan fingerprint density at radius 2 is 2.11 bits per heavy atom. The summed E-state index contributed by atoms with van der Waals surface area (Å²) in [5, 5.41) is 0. The highest BCUT2D eigenvalue weighted by Gasteiger charge is 2.05. The van der Waals surface area contributed by atoms with E-state index >= 15 is 0 Å². The zero-order valence-electron chi connectivity index (χ0n) is 10.5. The third-order valence-electron chi connectivity index (χ3n) is 2.28. The molecule has 18 heavy (non-hydrogen) atoms. The summed E-state index contributed by atoms with van der Waals surface area (Å²) in [5.74, 6) is 0.776. The van der Waals surface area contributed by atoms with Crippen LogP contribution in [0.4, 0.5) is 4.39 Å². The molecule has 1 atom stereocenters. The highest BCUT2D eigenvalue weighted by molar-refractivity contribution is 9.10. The average molecular weight is 320 g/mol. The molecule has 0 radical (unpaired) electrons. The minimum absolute atomic E-state index is 0.101. The summed E-state index contributed by atoms with van der Waals surface area (Å²) < 4.78 is 23.3. The number of rotatable bonds is 8. The molecule has 0 aliphatic carbocycles. The van der Waals surface area contributed by atoms with Crippen molar-refractivity contribution in [3.8, 4) is 5.75 Å². The lowest BCUT2D eigenvalue weighted by Gasteiger charge is -2.11. The smallest absolute Gasteiger partial charge is 0.119 e. The molecule has 5 heteroatoms. The van der Waals surface area contributed by atoms with Gasteiger partial charge in [-0.3, -0.25) is 0 Å². The van der Waals surface area contributed by atoms with Crippen molar-refractivity contribution in [2.45, 2.75) is 19.4 Å². The lowest BCUT2D eigenvalue weighted by molar-refractivity contribution is 0.0897. The summed E-state index contributed by atoms with van der Waals surface area (Å²) in [7, 11) is 0. The molecule has 0 amide bonds. The van der Waals surface area contributed by atoms with Crippen molar-refractivity contribution in [1.82, 2.24) is 0 Å². The van der Waals surface area contributed by atoms with Crippen LogP contribution in [0.5, 0.6) is 5.75 Å². The van der Waals surface area contributed by atoms with Crippen LogP contribution in [-0.2, 0) is 11.2 Å². The van der Waals surface area contributed by atoms with Crippen LogP contribution in [-0.4, -0.2) is 32.5 Å². The van der Waals surface area contributed by atoms with Crippen molar-refractivity contribution >= 4 is 15.9 Å². The minimum atomic E-state index is -0.461. The maximum absolute atomic E-state index is 11.8. The van der Waals surface area contributed by atoms with Gasteiger partial charge in [0, 0.05) is 10.5 Å². The first kappa shape index (κ1) is 15.4. The standard InChI is InChI=1S/C13H19BrFNO2/c1-10(16)8-11-9-12(2-3-13(11)14)18-7-6-17-5-4-15/h2-3,9-10H,4-8,16H2,1H3. The summed E-state index contributed by atoms with van der Waals surface area (Å²) >= 11 is 3.48. The van der Waals surface area contributed by atoms with Crippen LogP contribution in [0, 0.1) is 0 Å².